The van der Waals surface area contributed by atoms with Crippen LogP contribution in [0.3, 0.4) is 0 Å². The number of benzene rings is 1. The topological polar surface area (TPSA) is 38.3 Å². The summed E-state index contributed by atoms with van der Waals surface area (Å²) >= 11 is 1.82. The fourth-order valence-electron chi connectivity index (χ4n) is 1.05. The molecule has 1 aromatic carbocycles. The molecule has 1 atom stereocenters. The molecule has 0 spiro atoms. The number of hydrogen-bond donors (Lipinski definition) is 1. The lowest BCUT2D eigenvalue weighted by molar-refractivity contribution is -0.125. The summed E-state index contributed by atoms with van der Waals surface area (Å²) in [5.74, 6) is 0.622. The van der Waals surface area contributed by atoms with Crippen LogP contribution in [0, 0.1) is 0 Å². The lowest BCUT2D eigenvalue weighted by Crippen LogP contribution is -2.32. The average Bonchev–Trinajstić information content (AvgIpc) is 2.26. The Morgan fingerprint density at radius 1 is 1.50 bits per heavy atom. The first-order valence-corrected chi connectivity index (χ1v) is 5.48. The van der Waals surface area contributed by atoms with E-state index >= 15 is 0 Å². The van der Waals surface area contributed by atoms with Gasteiger partial charge in [0.1, 0.15) is 5.75 Å². The third-order valence-electron chi connectivity index (χ3n) is 1.78. The van der Waals surface area contributed by atoms with E-state index in [1.807, 2.05) is 60.1 Å². The van der Waals surface area contributed by atoms with Crippen molar-refractivity contribution in [3.05, 3.63) is 30.3 Å². The van der Waals surface area contributed by atoms with Gasteiger partial charge in [-0.2, -0.15) is 0 Å². The lowest BCUT2D eigenvalue weighted by Gasteiger charge is -2.14. The maximum absolute atomic E-state index is 11.3. The molecule has 0 bridgehead atoms. The van der Waals surface area contributed by atoms with Gasteiger partial charge < -0.3 is 4.74 Å². The Hall–Kier alpha value is -0.780. The van der Waals surface area contributed by atoms with Crippen molar-refractivity contribution in [3.8, 4) is 5.75 Å². The summed E-state index contributed by atoms with van der Waals surface area (Å²) in [6, 6.07) is 9.34. The van der Waals surface area contributed by atoms with Crippen molar-refractivity contribution < 1.29 is 9.53 Å². The second kappa shape index (κ2) is 5.85. The number of halogens is 1. The molecule has 1 rings (SSSR count). The van der Waals surface area contributed by atoms with E-state index in [1.54, 1.807) is 0 Å². The summed E-state index contributed by atoms with van der Waals surface area (Å²) in [4.78, 5) is 11.3. The van der Waals surface area contributed by atoms with Crippen LogP contribution in [0.15, 0.2) is 30.3 Å². The van der Waals surface area contributed by atoms with Crippen molar-refractivity contribution in [3.63, 3.8) is 0 Å². The summed E-state index contributed by atoms with van der Waals surface area (Å²) in [7, 11) is 0. The molecule has 0 aliphatic carbocycles. The summed E-state index contributed by atoms with van der Waals surface area (Å²) in [6.45, 7) is 1.92. The molecule has 1 amide bonds. The minimum absolute atomic E-state index is 0.100. The summed E-state index contributed by atoms with van der Waals surface area (Å²) in [5, 5.41) is 0. The molecule has 0 radical (unpaired) electrons. The monoisotopic (exact) mass is 305 g/mol. The van der Waals surface area contributed by atoms with E-state index in [-0.39, 0.29) is 5.91 Å². The van der Waals surface area contributed by atoms with Gasteiger partial charge in [-0.25, -0.2) is 0 Å². The Morgan fingerprint density at radius 2 is 2.14 bits per heavy atom. The smallest absolute Gasteiger partial charge is 0.269 e. The van der Waals surface area contributed by atoms with Crippen LogP contribution in [0.25, 0.3) is 0 Å². The highest BCUT2D eigenvalue weighted by atomic mass is 127. The third kappa shape index (κ3) is 3.17. The van der Waals surface area contributed by atoms with Crippen molar-refractivity contribution in [2.75, 3.05) is 0 Å². The van der Waals surface area contributed by atoms with Crippen molar-refractivity contribution >= 4 is 28.8 Å². The van der Waals surface area contributed by atoms with Crippen molar-refractivity contribution in [1.29, 1.82) is 0 Å². The Morgan fingerprint density at radius 3 is 2.64 bits per heavy atom. The van der Waals surface area contributed by atoms with Crippen molar-refractivity contribution in [2.45, 2.75) is 19.4 Å². The highest BCUT2D eigenvalue weighted by Gasteiger charge is 2.16. The fraction of sp³-hybridized carbons (Fsp3) is 0.300. The van der Waals surface area contributed by atoms with Gasteiger partial charge in [0.2, 0.25) is 0 Å². The van der Waals surface area contributed by atoms with Gasteiger partial charge in [-0.1, -0.05) is 25.1 Å². The molecule has 14 heavy (non-hydrogen) atoms. The van der Waals surface area contributed by atoms with Crippen molar-refractivity contribution in [1.82, 2.24) is 3.53 Å². The maximum Gasteiger partial charge on any atom is 0.269 e. The normalized spacial score (nSPS) is 11.9. The van der Waals surface area contributed by atoms with Crippen LogP contribution in [0.4, 0.5) is 0 Å². The molecular weight excluding hydrogens is 293 g/mol. The standard InChI is InChI=1S/C10H12INO2/c1-2-9(10(13)12-11)14-8-6-4-3-5-7-8/h3-7,9H,2H2,1H3,(H,12,13). The zero-order valence-corrected chi connectivity index (χ0v) is 10.0. The molecule has 0 saturated heterocycles. The van der Waals surface area contributed by atoms with Gasteiger partial charge >= 0.3 is 0 Å². The Bertz CT molecular complexity index is 289. The van der Waals surface area contributed by atoms with Gasteiger partial charge in [0.15, 0.2) is 6.10 Å². The minimum atomic E-state index is -0.408. The van der Waals surface area contributed by atoms with Crippen LogP contribution in [0.1, 0.15) is 13.3 Å². The van der Waals surface area contributed by atoms with E-state index in [0.29, 0.717) is 6.42 Å². The minimum Gasteiger partial charge on any atom is -0.481 e. The number of nitrogens with one attached hydrogen (secondary N) is 1. The van der Waals surface area contributed by atoms with Gasteiger partial charge in [0.25, 0.3) is 5.91 Å². The van der Waals surface area contributed by atoms with Gasteiger partial charge in [0, 0.05) is 0 Å². The van der Waals surface area contributed by atoms with Gasteiger partial charge in [-0.3, -0.25) is 8.32 Å². The van der Waals surface area contributed by atoms with Crippen LogP contribution < -0.4 is 8.27 Å². The highest BCUT2D eigenvalue weighted by molar-refractivity contribution is 14.1. The second-order valence-electron chi connectivity index (χ2n) is 2.79. The largest absolute Gasteiger partial charge is 0.481 e. The zero-order chi connectivity index (χ0) is 10.4. The van der Waals surface area contributed by atoms with Crippen LogP contribution in [-0.2, 0) is 4.79 Å². The highest BCUT2D eigenvalue weighted by Crippen LogP contribution is 2.12. The molecular formula is C10H12INO2. The number of para-hydroxylation sites is 1. The maximum atomic E-state index is 11.3. The Balaban J connectivity index is 2.62. The van der Waals surface area contributed by atoms with Crippen LogP contribution in [0.2, 0.25) is 0 Å². The van der Waals surface area contributed by atoms with E-state index in [2.05, 4.69) is 3.53 Å². The molecule has 76 valence electrons. The summed E-state index contributed by atoms with van der Waals surface area (Å²) in [6.07, 6.45) is 0.248. The van der Waals surface area contributed by atoms with E-state index < -0.39 is 6.10 Å². The van der Waals surface area contributed by atoms with E-state index in [0.717, 1.165) is 5.75 Å². The van der Waals surface area contributed by atoms with Gasteiger partial charge in [0.05, 0.1) is 22.9 Å². The number of carbonyl (C=O) groups is 1. The number of hydrogen-bond acceptors (Lipinski definition) is 2. The first-order chi connectivity index (χ1) is 6.77. The lowest BCUT2D eigenvalue weighted by atomic mass is 10.2. The SMILES string of the molecule is CCC(Oc1ccccc1)C(=O)NI. The number of ether oxygens (including phenoxy) is 1. The molecule has 1 unspecified atom stereocenters. The van der Waals surface area contributed by atoms with E-state index in [9.17, 15) is 4.79 Å². The number of carbonyl (C=O) groups excluding carboxylic acids is 1. The first-order valence-electron chi connectivity index (χ1n) is 4.40. The molecule has 0 aliphatic heterocycles. The van der Waals surface area contributed by atoms with Crippen LogP contribution in [-0.4, -0.2) is 12.0 Å². The Labute approximate surface area is 97.3 Å². The third-order valence-corrected chi connectivity index (χ3v) is 2.31. The van der Waals surface area contributed by atoms with E-state index in [1.165, 1.54) is 0 Å². The van der Waals surface area contributed by atoms with Gasteiger partial charge in [-0.05, 0) is 18.6 Å². The Kier molecular flexibility index (Phi) is 4.72. The zero-order valence-electron chi connectivity index (χ0n) is 7.87. The predicted octanol–water partition coefficient (Wildman–Crippen LogP) is 2.31. The first kappa shape index (κ1) is 11.3. The van der Waals surface area contributed by atoms with Crippen LogP contribution >= 0.6 is 22.9 Å². The second-order valence-corrected chi connectivity index (χ2v) is 3.33. The molecule has 0 fully saturated rings. The average molecular weight is 305 g/mol. The fourth-order valence-corrected chi connectivity index (χ4v) is 1.39. The molecule has 0 saturated carbocycles. The summed E-state index contributed by atoms with van der Waals surface area (Å²) in [5.41, 5.74) is 0. The summed E-state index contributed by atoms with van der Waals surface area (Å²) < 4.78 is 8.04. The quantitative estimate of drug-likeness (QED) is 0.685. The molecule has 1 aromatic rings. The molecule has 3 nitrogen and oxygen atoms in total. The molecule has 1 N–H and O–H groups in total. The number of rotatable bonds is 4. The molecule has 4 heteroatoms. The predicted molar refractivity (Wildman–Crippen MR) is 63.3 cm³/mol. The van der Waals surface area contributed by atoms with E-state index in [4.69, 9.17) is 4.74 Å². The van der Waals surface area contributed by atoms with Crippen LogP contribution in [0.5, 0.6) is 5.75 Å². The molecule has 0 aliphatic rings. The van der Waals surface area contributed by atoms with Gasteiger partial charge in [-0.15, -0.1) is 0 Å². The number of amides is 1. The van der Waals surface area contributed by atoms with Crippen molar-refractivity contribution in [2.24, 2.45) is 0 Å². The molecule has 0 aromatic heterocycles. The molecule has 0 heterocycles.